The number of rotatable bonds is 4. The molecule has 2 aromatic rings. The third-order valence-corrected chi connectivity index (χ3v) is 3.71. The van der Waals surface area contributed by atoms with Crippen LogP contribution in [-0.2, 0) is 19.4 Å². The maximum absolute atomic E-state index is 6.18. The van der Waals surface area contributed by atoms with Crippen LogP contribution in [0.15, 0.2) is 30.5 Å². The molecule has 0 atom stereocenters. The quantitative estimate of drug-likeness (QED) is 0.933. The molecule has 2 heterocycles. The van der Waals surface area contributed by atoms with Crippen molar-refractivity contribution in [3.63, 3.8) is 0 Å². The van der Waals surface area contributed by atoms with Crippen molar-refractivity contribution in [2.75, 3.05) is 13.2 Å². The van der Waals surface area contributed by atoms with Gasteiger partial charge in [-0.15, -0.1) is 0 Å². The van der Waals surface area contributed by atoms with E-state index >= 15 is 0 Å². The zero-order valence-electron chi connectivity index (χ0n) is 10.7. The minimum atomic E-state index is 0.661. The molecule has 1 aromatic carbocycles. The van der Waals surface area contributed by atoms with Gasteiger partial charge in [0.25, 0.3) is 0 Å². The Bertz CT molecular complexity index is 592. The van der Waals surface area contributed by atoms with Crippen molar-refractivity contribution in [1.82, 2.24) is 4.57 Å². The Balaban J connectivity index is 1.93. The fourth-order valence-electron chi connectivity index (χ4n) is 2.63. The Hall–Kier alpha value is -1.45. The van der Waals surface area contributed by atoms with Gasteiger partial charge >= 0.3 is 0 Å². The molecule has 0 saturated heterocycles. The summed E-state index contributed by atoms with van der Waals surface area (Å²) in [7, 11) is 0. The van der Waals surface area contributed by atoms with Crippen molar-refractivity contribution in [3.8, 4) is 5.75 Å². The highest BCUT2D eigenvalue weighted by molar-refractivity contribution is 6.30. The Morgan fingerprint density at radius 3 is 3.11 bits per heavy atom. The number of fused-ring (bicyclic) bond motifs is 1. The molecule has 0 radical (unpaired) electrons. The first-order valence-corrected chi connectivity index (χ1v) is 6.94. The van der Waals surface area contributed by atoms with E-state index in [1.807, 2.05) is 12.1 Å². The fourth-order valence-corrected chi connectivity index (χ4v) is 2.89. The molecule has 1 aliphatic heterocycles. The van der Waals surface area contributed by atoms with Crippen molar-refractivity contribution >= 4 is 11.6 Å². The Morgan fingerprint density at radius 1 is 1.37 bits per heavy atom. The number of nitrogens with two attached hydrogens (primary N) is 1. The number of benzene rings is 1. The minimum absolute atomic E-state index is 0.661. The average Bonchev–Trinajstić information content (AvgIpc) is 2.99. The van der Waals surface area contributed by atoms with Crippen molar-refractivity contribution in [2.45, 2.75) is 19.4 Å². The summed E-state index contributed by atoms with van der Waals surface area (Å²) in [5.74, 6) is 1.01. The monoisotopic (exact) mass is 276 g/mol. The van der Waals surface area contributed by atoms with Crippen molar-refractivity contribution in [2.24, 2.45) is 5.73 Å². The summed E-state index contributed by atoms with van der Waals surface area (Å²) in [6.45, 7) is 2.20. The predicted octanol–water partition coefficient (Wildman–Crippen LogP) is 2.63. The second kappa shape index (κ2) is 5.27. The number of halogens is 1. The van der Waals surface area contributed by atoms with Crippen LogP contribution < -0.4 is 10.5 Å². The predicted molar refractivity (Wildman–Crippen MR) is 76.9 cm³/mol. The standard InChI is InChI=1S/C15H17ClN2O/c16-13-8-11-4-7-19-15(11)12(9-13)10-18-6-1-2-14(18)3-5-17/h1-2,6,8-9H,3-5,7,10,17H2. The lowest BCUT2D eigenvalue weighted by molar-refractivity contribution is 0.352. The molecule has 0 aliphatic carbocycles. The highest BCUT2D eigenvalue weighted by atomic mass is 35.5. The highest BCUT2D eigenvalue weighted by Gasteiger charge is 2.18. The molecule has 1 aliphatic rings. The molecule has 0 spiro atoms. The Kier molecular flexibility index (Phi) is 3.49. The summed E-state index contributed by atoms with van der Waals surface area (Å²) in [5.41, 5.74) is 9.25. The lowest BCUT2D eigenvalue weighted by Gasteiger charge is -2.12. The smallest absolute Gasteiger partial charge is 0.127 e. The van der Waals surface area contributed by atoms with E-state index in [0.29, 0.717) is 6.54 Å². The number of nitrogens with zero attached hydrogens (tertiary/aromatic N) is 1. The van der Waals surface area contributed by atoms with Gasteiger partial charge in [0, 0.05) is 28.9 Å². The normalized spacial score (nSPS) is 13.4. The van der Waals surface area contributed by atoms with Crippen LogP contribution in [0.3, 0.4) is 0 Å². The van der Waals surface area contributed by atoms with Crippen LogP contribution in [0.2, 0.25) is 5.02 Å². The van der Waals surface area contributed by atoms with Gasteiger partial charge in [0.2, 0.25) is 0 Å². The third-order valence-electron chi connectivity index (χ3n) is 3.49. The molecule has 100 valence electrons. The molecule has 2 N–H and O–H groups in total. The van der Waals surface area contributed by atoms with Crippen LogP contribution in [0, 0.1) is 0 Å². The van der Waals surface area contributed by atoms with Crippen molar-refractivity contribution in [3.05, 3.63) is 52.3 Å². The second-order valence-corrected chi connectivity index (χ2v) is 5.25. The fraction of sp³-hybridized carbons (Fsp3) is 0.333. The first-order valence-electron chi connectivity index (χ1n) is 6.56. The molecule has 1 aromatic heterocycles. The van der Waals surface area contributed by atoms with Crippen molar-refractivity contribution < 1.29 is 4.74 Å². The summed E-state index contributed by atoms with van der Waals surface area (Å²) in [4.78, 5) is 0. The summed E-state index contributed by atoms with van der Waals surface area (Å²) >= 11 is 6.18. The molecular formula is C15H17ClN2O. The maximum Gasteiger partial charge on any atom is 0.127 e. The van der Waals surface area contributed by atoms with E-state index in [2.05, 4.69) is 22.9 Å². The van der Waals surface area contributed by atoms with Gasteiger partial charge in [-0.05, 0) is 42.8 Å². The van der Waals surface area contributed by atoms with Gasteiger partial charge in [-0.25, -0.2) is 0 Å². The zero-order chi connectivity index (χ0) is 13.2. The van der Waals surface area contributed by atoms with Gasteiger partial charge in [0.05, 0.1) is 13.2 Å². The minimum Gasteiger partial charge on any atom is -0.493 e. The van der Waals surface area contributed by atoms with Crippen LogP contribution in [0.5, 0.6) is 5.75 Å². The number of ether oxygens (including phenoxy) is 1. The summed E-state index contributed by atoms with van der Waals surface area (Å²) in [6.07, 6.45) is 3.91. The number of aromatic nitrogens is 1. The van der Waals surface area contributed by atoms with Gasteiger partial charge in [-0.2, -0.15) is 0 Å². The van der Waals surface area contributed by atoms with Crippen LogP contribution in [-0.4, -0.2) is 17.7 Å². The molecule has 3 rings (SSSR count). The maximum atomic E-state index is 6.18. The van der Waals surface area contributed by atoms with E-state index in [9.17, 15) is 0 Å². The Morgan fingerprint density at radius 2 is 2.26 bits per heavy atom. The largest absolute Gasteiger partial charge is 0.493 e. The van der Waals surface area contributed by atoms with Gasteiger partial charge < -0.3 is 15.0 Å². The van der Waals surface area contributed by atoms with Crippen LogP contribution >= 0.6 is 11.6 Å². The van der Waals surface area contributed by atoms with Crippen LogP contribution in [0.4, 0.5) is 0 Å². The number of hydrogen-bond acceptors (Lipinski definition) is 2. The molecule has 0 saturated carbocycles. The molecular weight excluding hydrogens is 260 g/mol. The molecule has 4 heteroatoms. The lowest BCUT2D eigenvalue weighted by atomic mass is 10.1. The summed E-state index contributed by atoms with van der Waals surface area (Å²) < 4.78 is 7.95. The molecule has 0 unspecified atom stereocenters. The average molecular weight is 277 g/mol. The van der Waals surface area contributed by atoms with E-state index in [1.54, 1.807) is 0 Å². The van der Waals surface area contributed by atoms with Gasteiger partial charge in [-0.1, -0.05) is 11.6 Å². The van der Waals surface area contributed by atoms with Crippen LogP contribution in [0.1, 0.15) is 16.8 Å². The zero-order valence-corrected chi connectivity index (χ0v) is 11.5. The first-order chi connectivity index (χ1) is 9.28. The summed E-state index contributed by atoms with van der Waals surface area (Å²) in [5, 5.41) is 0.784. The van der Waals surface area contributed by atoms with E-state index in [0.717, 1.165) is 42.3 Å². The highest BCUT2D eigenvalue weighted by Crippen LogP contribution is 2.33. The first kappa shape index (κ1) is 12.6. The van der Waals surface area contributed by atoms with Crippen molar-refractivity contribution in [1.29, 1.82) is 0 Å². The van der Waals surface area contributed by atoms with Gasteiger partial charge in [0.1, 0.15) is 5.75 Å². The van der Waals surface area contributed by atoms with E-state index in [1.165, 1.54) is 11.3 Å². The Labute approximate surface area is 117 Å². The van der Waals surface area contributed by atoms with E-state index < -0.39 is 0 Å². The molecule has 19 heavy (non-hydrogen) atoms. The SMILES string of the molecule is NCCc1cccn1Cc1cc(Cl)cc2c1OCC2. The molecule has 3 nitrogen and oxygen atoms in total. The summed E-state index contributed by atoms with van der Waals surface area (Å²) in [6, 6.07) is 8.16. The number of hydrogen-bond donors (Lipinski definition) is 1. The van der Waals surface area contributed by atoms with Gasteiger partial charge in [0.15, 0.2) is 0 Å². The molecule has 0 bridgehead atoms. The topological polar surface area (TPSA) is 40.2 Å². The van der Waals surface area contributed by atoms with Gasteiger partial charge in [-0.3, -0.25) is 0 Å². The van der Waals surface area contributed by atoms with Crippen LogP contribution in [0.25, 0.3) is 0 Å². The second-order valence-electron chi connectivity index (χ2n) is 4.82. The van der Waals surface area contributed by atoms with E-state index in [-0.39, 0.29) is 0 Å². The lowest BCUT2D eigenvalue weighted by Crippen LogP contribution is -2.09. The van der Waals surface area contributed by atoms with E-state index in [4.69, 9.17) is 22.1 Å². The molecule has 0 fully saturated rings. The molecule has 0 amide bonds. The third kappa shape index (κ3) is 2.48.